The number of aromatic nitrogens is 4. The zero-order valence-electron chi connectivity index (χ0n) is 18.4. The van der Waals surface area contributed by atoms with E-state index >= 15 is 0 Å². The van der Waals surface area contributed by atoms with Crippen LogP contribution in [0.4, 0.5) is 5.82 Å². The Bertz CT molecular complexity index is 1550. The number of halogens is 2. The van der Waals surface area contributed by atoms with E-state index in [1.165, 1.54) is 11.1 Å². The quantitative estimate of drug-likeness (QED) is 0.353. The number of piperidine rings is 1. The van der Waals surface area contributed by atoms with E-state index in [2.05, 4.69) is 20.4 Å². The summed E-state index contributed by atoms with van der Waals surface area (Å²) in [6.45, 7) is 1.84. The predicted octanol–water partition coefficient (Wildman–Crippen LogP) is 5.53. The average molecular weight is 489 g/mol. The SMILES string of the molecule is N[C@@H]1c2cnccc2CC12CCN(c1nc3ccc(-c4cccc(Cl)c4Cl)c4ncc1n34)CC2. The predicted molar refractivity (Wildman–Crippen MR) is 136 cm³/mol. The fourth-order valence-electron chi connectivity index (χ4n) is 5.99. The fraction of sp³-hybridized carbons (Fsp3) is 0.269. The Kier molecular flexibility index (Phi) is 4.38. The van der Waals surface area contributed by atoms with Crippen molar-refractivity contribution < 1.29 is 0 Å². The highest BCUT2D eigenvalue weighted by atomic mass is 35.5. The molecule has 34 heavy (non-hydrogen) atoms. The maximum absolute atomic E-state index is 6.74. The lowest BCUT2D eigenvalue weighted by atomic mass is 9.73. The topological polar surface area (TPSA) is 72.3 Å². The number of nitrogens with zero attached hydrogens (tertiary/aromatic N) is 5. The van der Waals surface area contributed by atoms with Crippen molar-refractivity contribution in [1.82, 2.24) is 19.4 Å². The standard InChI is InChI=1S/C26H22Cl2N6/c27-19-3-1-2-16(22(19)28)17-4-5-21-32-25(20-14-31-24(17)34(20)21)33-10-7-26(8-11-33)12-15-6-9-30-13-18(15)23(26)29/h1-6,9,13-14,23H,7-8,10-12,29H2/t23-/m1/s1. The Balaban J connectivity index is 1.23. The van der Waals surface area contributed by atoms with Crippen LogP contribution in [-0.4, -0.2) is 32.4 Å². The molecule has 7 rings (SSSR count). The van der Waals surface area contributed by atoms with Gasteiger partial charge >= 0.3 is 0 Å². The van der Waals surface area contributed by atoms with Crippen molar-refractivity contribution in [2.75, 3.05) is 18.0 Å². The molecule has 2 N–H and O–H groups in total. The van der Waals surface area contributed by atoms with Crippen molar-refractivity contribution in [2.45, 2.75) is 25.3 Å². The number of fused-ring (bicyclic) bond motifs is 1. The van der Waals surface area contributed by atoms with Crippen molar-refractivity contribution in [3.05, 3.63) is 76.2 Å². The Morgan fingerprint density at radius 3 is 2.68 bits per heavy atom. The molecule has 5 heterocycles. The number of imidazole rings is 2. The molecule has 1 atom stereocenters. The first-order valence-corrected chi connectivity index (χ1v) is 12.3. The molecule has 5 aromatic rings. The molecule has 1 fully saturated rings. The molecule has 0 radical (unpaired) electrons. The minimum absolute atomic E-state index is 0.0488. The monoisotopic (exact) mass is 488 g/mol. The van der Waals surface area contributed by atoms with Crippen LogP contribution in [0.5, 0.6) is 0 Å². The van der Waals surface area contributed by atoms with Gasteiger partial charge < -0.3 is 10.6 Å². The van der Waals surface area contributed by atoms with Crippen LogP contribution in [0.3, 0.4) is 0 Å². The van der Waals surface area contributed by atoms with Gasteiger partial charge in [-0.1, -0.05) is 35.3 Å². The first kappa shape index (κ1) is 20.4. The lowest BCUT2D eigenvalue weighted by molar-refractivity contribution is 0.187. The molecule has 2 aliphatic rings. The van der Waals surface area contributed by atoms with E-state index in [0.717, 1.165) is 66.1 Å². The number of nitrogens with two attached hydrogens (primary N) is 1. The van der Waals surface area contributed by atoms with E-state index in [1.807, 2.05) is 42.9 Å². The molecule has 4 aromatic heterocycles. The van der Waals surface area contributed by atoms with E-state index in [-0.39, 0.29) is 11.5 Å². The second-order valence-corrected chi connectivity index (χ2v) is 10.3. The van der Waals surface area contributed by atoms with Gasteiger partial charge in [0.2, 0.25) is 0 Å². The summed E-state index contributed by atoms with van der Waals surface area (Å²) < 4.78 is 2.12. The van der Waals surface area contributed by atoms with Crippen molar-refractivity contribution >= 4 is 45.8 Å². The van der Waals surface area contributed by atoms with E-state index in [0.29, 0.717) is 10.0 Å². The molecule has 1 aliphatic heterocycles. The Morgan fingerprint density at radius 1 is 1.00 bits per heavy atom. The first-order chi connectivity index (χ1) is 16.6. The molecule has 6 nitrogen and oxygen atoms in total. The number of hydrogen-bond acceptors (Lipinski definition) is 5. The summed E-state index contributed by atoms with van der Waals surface area (Å²) in [5.74, 6) is 0.984. The maximum atomic E-state index is 6.74. The number of pyridine rings is 2. The smallest absolute Gasteiger partial charge is 0.157 e. The number of hydrogen-bond donors (Lipinski definition) is 1. The van der Waals surface area contributed by atoms with Crippen LogP contribution >= 0.6 is 23.2 Å². The number of benzene rings is 1. The van der Waals surface area contributed by atoms with Crippen molar-refractivity contribution in [2.24, 2.45) is 11.1 Å². The van der Waals surface area contributed by atoms with Gasteiger partial charge in [0.1, 0.15) is 16.8 Å². The second kappa shape index (κ2) is 7.28. The van der Waals surface area contributed by atoms with Gasteiger partial charge in [-0.3, -0.25) is 9.38 Å². The summed E-state index contributed by atoms with van der Waals surface area (Å²) in [5, 5.41) is 1.07. The summed E-state index contributed by atoms with van der Waals surface area (Å²) in [7, 11) is 0. The van der Waals surface area contributed by atoms with Crippen LogP contribution < -0.4 is 10.6 Å². The first-order valence-electron chi connectivity index (χ1n) is 11.5. The summed E-state index contributed by atoms with van der Waals surface area (Å²) in [6.07, 6.45) is 8.84. The molecule has 170 valence electrons. The van der Waals surface area contributed by atoms with Gasteiger partial charge in [-0.05, 0) is 60.1 Å². The Labute approximate surface area is 206 Å². The lowest BCUT2D eigenvalue weighted by Gasteiger charge is -2.42. The molecule has 0 saturated carbocycles. The van der Waals surface area contributed by atoms with E-state index in [4.69, 9.17) is 38.9 Å². The molecule has 0 unspecified atom stereocenters. The van der Waals surface area contributed by atoms with Gasteiger partial charge in [-0.15, -0.1) is 0 Å². The molecular weight excluding hydrogens is 467 g/mol. The normalized spacial score (nSPS) is 19.5. The highest BCUT2D eigenvalue weighted by Crippen LogP contribution is 2.51. The van der Waals surface area contributed by atoms with Crippen LogP contribution in [0.2, 0.25) is 10.0 Å². The van der Waals surface area contributed by atoms with Gasteiger partial charge in [0.15, 0.2) is 5.82 Å². The zero-order valence-corrected chi connectivity index (χ0v) is 19.9. The van der Waals surface area contributed by atoms with E-state index in [9.17, 15) is 0 Å². The van der Waals surface area contributed by atoms with Gasteiger partial charge in [0.25, 0.3) is 0 Å². The van der Waals surface area contributed by atoms with Crippen molar-refractivity contribution in [3.8, 4) is 11.1 Å². The molecule has 1 aliphatic carbocycles. The van der Waals surface area contributed by atoms with E-state index in [1.54, 1.807) is 6.07 Å². The van der Waals surface area contributed by atoms with Crippen LogP contribution in [0.25, 0.3) is 27.9 Å². The second-order valence-electron chi connectivity index (χ2n) is 9.52. The van der Waals surface area contributed by atoms with Gasteiger partial charge in [0, 0.05) is 42.7 Å². The minimum atomic E-state index is 0.0488. The summed E-state index contributed by atoms with van der Waals surface area (Å²) in [4.78, 5) is 16.4. The molecule has 1 aromatic carbocycles. The summed E-state index contributed by atoms with van der Waals surface area (Å²) >= 11 is 12.8. The third-order valence-electron chi connectivity index (χ3n) is 7.86. The number of rotatable bonds is 2. The largest absolute Gasteiger partial charge is 0.355 e. The summed E-state index contributed by atoms with van der Waals surface area (Å²) in [5.41, 5.74) is 14.0. The van der Waals surface area contributed by atoms with Gasteiger partial charge in [0.05, 0.1) is 16.2 Å². The van der Waals surface area contributed by atoms with E-state index < -0.39 is 0 Å². The fourth-order valence-corrected chi connectivity index (χ4v) is 6.40. The maximum Gasteiger partial charge on any atom is 0.157 e. The third-order valence-corrected chi connectivity index (χ3v) is 8.68. The van der Waals surface area contributed by atoms with Crippen LogP contribution in [-0.2, 0) is 6.42 Å². The van der Waals surface area contributed by atoms with Crippen molar-refractivity contribution in [3.63, 3.8) is 0 Å². The van der Waals surface area contributed by atoms with Crippen LogP contribution in [0.1, 0.15) is 30.0 Å². The Morgan fingerprint density at radius 2 is 1.85 bits per heavy atom. The highest BCUT2D eigenvalue weighted by molar-refractivity contribution is 6.43. The third kappa shape index (κ3) is 2.76. The average Bonchev–Trinajstić information content (AvgIpc) is 3.53. The summed E-state index contributed by atoms with van der Waals surface area (Å²) in [6, 6.07) is 11.9. The minimum Gasteiger partial charge on any atom is -0.355 e. The van der Waals surface area contributed by atoms with Crippen LogP contribution in [0.15, 0.2) is 55.0 Å². The molecule has 0 amide bonds. The van der Waals surface area contributed by atoms with Gasteiger partial charge in [-0.2, -0.15) is 0 Å². The van der Waals surface area contributed by atoms with Gasteiger partial charge in [-0.25, -0.2) is 9.97 Å². The highest BCUT2D eigenvalue weighted by Gasteiger charge is 2.46. The van der Waals surface area contributed by atoms with Crippen molar-refractivity contribution in [1.29, 1.82) is 0 Å². The molecular formula is C26H22Cl2N6. The molecule has 8 heteroatoms. The van der Waals surface area contributed by atoms with Crippen LogP contribution in [0, 0.1) is 5.41 Å². The molecule has 1 saturated heterocycles. The molecule has 1 spiro atoms. The zero-order chi connectivity index (χ0) is 23.0. The lowest BCUT2D eigenvalue weighted by Crippen LogP contribution is -2.44. The Hall–Kier alpha value is -2.93. The molecule has 0 bridgehead atoms. The number of anilines is 1.